The van der Waals surface area contributed by atoms with Crippen LogP contribution in [0.5, 0.6) is 0 Å². The van der Waals surface area contributed by atoms with Gasteiger partial charge < -0.3 is 9.80 Å². The minimum Gasteiger partial charge on any atom is -0.369 e. The van der Waals surface area contributed by atoms with E-state index in [-0.39, 0.29) is 10.6 Å². The van der Waals surface area contributed by atoms with Crippen molar-refractivity contribution in [2.24, 2.45) is 0 Å². The number of anilines is 1. The molecule has 0 amide bonds. The number of rotatable bonds is 4. The largest absolute Gasteiger partial charge is 0.369 e. The molecule has 2 aromatic carbocycles. The summed E-state index contributed by atoms with van der Waals surface area (Å²) >= 11 is 0. The third-order valence-electron chi connectivity index (χ3n) is 5.25. The van der Waals surface area contributed by atoms with Crippen molar-refractivity contribution < 1.29 is 4.92 Å². The molecular weight excluding hydrogens is 366 g/mol. The molecule has 0 radical (unpaired) electrons. The summed E-state index contributed by atoms with van der Waals surface area (Å²) in [5.74, 6) is 0.582. The van der Waals surface area contributed by atoms with Crippen molar-refractivity contribution in [3.05, 3.63) is 70.5 Å². The Morgan fingerprint density at radius 3 is 2.28 bits per heavy atom. The van der Waals surface area contributed by atoms with Gasteiger partial charge in [0.05, 0.1) is 21.9 Å². The van der Waals surface area contributed by atoms with E-state index in [0.717, 1.165) is 37.4 Å². The van der Waals surface area contributed by atoms with Crippen LogP contribution < -0.4 is 4.90 Å². The fourth-order valence-electron chi connectivity index (χ4n) is 3.61. The molecule has 0 saturated carbocycles. The molecular formula is C22H23N5O2. The Labute approximate surface area is 169 Å². The Hall–Kier alpha value is -3.32. The van der Waals surface area contributed by atoms with Gasteiger partial charge in [-0.1, -0.05) is 24.3 Å². The summed E-state index contributed by atoms with van der Waals surface area (Å²) in [5.41, 5.74) is 4.03. The molecule has 0 unspecified atom stereocenters. The SMILES string of the molecule is Cc1nc(-c2ccc(N3CCN(C)CC3)cc2)cc(-c2ccccc2[N+](=O)[O-])n1. The minimum atomic E-state index is -0.378. The van der Waals surface area contributed by atoms with Gasteiger partial charge in [-0.05, 0) is 38.2 Å². The molecule has 1 aromatic heterocycles. The van der Waals surface area contributed by atoms with Crippen LogP contribution in [0.2, 0.25) is 0 Å². The molecule has 1 aliphatic rings. The number of para-hydroxylation sites is 1. The van der Waals surface area contributed by atoms with Gasteiger partial charge in [-0.25, -0.2) is 9.97 Å². The number of hydrogen-bond acceptors (Lipinski definition) is 6. The summed E-state index contributed by atoms with van der Waals surface area (Å²) in [6.07, 6.45) is 0. The van der Waals surface area contributed by atoms with Gasteiger partial charge in [0.15, 0.2) is 0 Å². The summed E-state index contributed by atoms with van der Waals surface area (Å²) in [5, 5.41) is 11.4. The van der Waals surface area contributed by atoms with Gasteiger partial charge in [0.2, 0.25) is 0 Å². The van der Waals surface area contributed by atoms with E-state index in [2.05, 4.69) is 51.1 Å². The van der Waals surface area contributed by atoms with Gasteiger partial charge in [0.1, 0.15) is 5.82 Å². The lowest BCUT2D eigenvalue weighted by atomic mass is 10.1. The Kier molecular flexibility index (Phi) is 5.22. The molecule has 1 fully saturated rings. The third-order valence-corrected chi connectivity index (χ3v) is 5.25. The molecule has 0 bridgehead atoms. The molecule has 2 heterocycles. The van der Waals surface area contributed by atoms with Crippen LogP contribution in [0.4, 0.5) is 11.4 Å². The maximum atomic E-state index is 11.4. The number of hydrogen-bond donors (Lipinski definition) is 0. The van der Waals surface area contributed by atoms with Crippen LogP contribution in [0, 0.1) is 17.0 Å². The highest BCUT2D eigenvalue weighted by molar-refractivity contribution is 5.74. The predicted molar refractivity (Wildman–Crippen MR) is 114 cm³/mol. The average molecular weight is 389 g/mol. The molecule has 0 atom stereocenters. The summed E-state index contributed by atoms with van der Waals surface area (Å²) in [6, 6.07) is 16.8. The highest BCUT2D eigenvalue weighted by Crippen LogP contribution is 2.31. The zero-order valence-electron chi connectivity index (χ0n) is 16.6. The van der Waals surface area contributed by atoms with Crippen molar-refractivity contribution in [1.29, 1.82) is 0 Å². The van der Waals surface area contributed by atoms with Gasteiger partial charge in [0.25, 0.3) is 5.69 Å². The van der Waals surface area contributed by atoms with Crippen molar-refractivity contribution in [2.45, 2.75) is 6.92 Å². The Balaban J connectivity index is 1.65. The number of piperazine rings is 1. The molecule has 7 nitrogen and oxygen atoms in total. The van der Waals surface area contributed by atoms with Crippen LogP contribution >= 0.6 is 0 Å². The zero-order chi connectivity index (χ0) is 20.4. The van der Waals surface area contributed by atoms with E-state index in [1.807, 2.05) is 6.07 Å². The van der Waals surface area contributed by atoms with Crippen LogP contribution in [0.1, 0.15) is 5.82 Å². The first-order chi connectivity index (χ1) is 14.0. The second-order valence-corrected chi connectivity index (χ2v) is 7.30. The number of nitrogens with zero attached hydrogens (tertiary/aromatic N) is 5. The van der Waals surface area contributed by atoms with Gasteiger partial charge in [-0.2, -0.15) is 0 Å². The average Bonchev–Trinajstić information content (AvgIpc) is 2.74. The third kappa shape index (κ3) is 4.09. The molecule has 7 heteroatoms. The first-order valence-electron chi connectivity index (χ1n) is 9.64. The highest BCUT2D eigenvalue weighted by Gasteiger charge is 2.18. The van der Waals surface area contributed by atoms with Crippen LogP contribution in [0.3, 0.4) is 0 Å². The molecule has 29 heavy (non-hydrogen) atoms. The zero-order valence-corrected chi connectivity index (χ0v) is 16.6. The summed E-state index contributed by atoms with van der Waals surface area (Å²) in [4.78, 5) is 24.7. The van der Waals surface area contributed by atoms with Crippen molar-refractivity contribution in [1.82, 2.24) is 14.9 Å². The fourth-order valence-corrected chi connectivity index (χ4v) is 3.61. The lowest BCUT2D eigenvalue weighted by Crippen LogP contribution is -2.44. The van der Waals surface area contributed by atoms with Crippen molar-refractivity contribution in [3.8, 4) is 22.5 Å². The van der Waals surface area contributed by atoms with Crippen LogP contribution in [0.15, 0.2) is 54.6 Å². The van der Waals surface area contributed by atoms with E-state index in [1.54, 1.807) is 25.1 Å². The molecule has 0 spiro atoms. The molecule has 4 rings (SSSR count). The van der Waals surface area contributed by atoms with Crippen LogP contribution in [-0.4, -0.2) is 53.0 Å². The normalized spacial score (nSPS) is 14.8. The second-order valence-electron chi connectivity index (χ2n) is 7.30. The van der Waals surface area contributed by atoms with E-state index >= 15 is 0 Å². The molecule has 148 valence electrons. The molecule has 1 aliphatic heterocycles. The maximum absolute atomic E-state index is 11.4. The summed E-state index contributed by atoms with van der Waals surface area (Å²) < 4.78 is 0. The lowest BCUT2D eigenvalue weighted by Gasteiger charge is -2.34. The van der Waals surface area contributed by atoms with E-state index in [1.165, 1.54) is 11.8 Å². The highest BCUT2D eigenvalue weighted by atomic mass is 16.6. The first kappa shape index (κ1) is 19.0. The van der Waals surface area contributed by atoms with Gasteiger partial charge in [-0.15, -0.1) is 0 Å². The summed E-state index contributed by atoms with van der Waals surface area (Å²) in [7, 11) is 2.15. The van der Waals surface area contributed by atoms with E-state index in [0.29, 0.717) is 17.1 Å². The van der Waals surface area contributed by atoms with Crippen LogP contribution in [0.25, 0.3) is 22.5 Å². The fraction of sp³-hybridized carbons (Fsp3) is 0.273. The van der Waals surface area contributed by atoms with E-state index in [4.69, 9.17) is 0 Å². The van der Waals surface area contributed by atoms with Crippen molar-refractivity contribution in [3.63, 3.8) is 0 Å². The van der Waals surface area contributed by atoms with Crippen molar-refractivity contribution >= 4 is 11.4 Å². The first-order valence-corrected chi connectivity index (χ1v) is 9.64. The lowest BCUT2D eigenvalue weighted by molar-refractivity contribution is -0.384. The monoisotopic (exact) mass is 389 g/mol. The molecule has 0 aliphatic carbocycles. The topological polar surface area (TPSA) is 75.4 Å². The van der Waals surface area contributed by atoms with Crippen molar-refractivity contribution in [2.75, 3.05) is 38.1 Å². The number of likely N-dealkylation sites (N-methyl/N-ethyl adjacent to an activating group) is 1. The smallest absolute Gasteiger partial charge is 0.278 e. The molecule has 1 saturated heterocycles. The molecule has 3 aromatic rings. The Morgan fingerprint density at radius 1 is 0.931 bits per heavy atom. The van der Waals surface area contributed by atoms with Gasteiger partial charge in [0, 0.05) is 43.5 Å². The predicted octanol–water partition coefficient (Wildman–Crippen LogP) is 3.78. The van der Waals surface area contributed by atoms with E-state index < -0.39 is 0 Å². The number of nitro groups is 1. The Morgan fingerprint density at radius 2 is 1.59 bits per heavy atom. The van der Waals surface area contributed by atoms with E-state index in [9.17, 15) is 10.1 Å². The number of aromatic nitrogens is 2. The second kappa shape index (κ2) is 7.97. The number of benzene rings is 2. The quantitative estimate of drug-likeness (QED) is 0.499. The summed E-state index contributed by atoms with van der Waals surface area (Å²) in [6.45, 7) is 5.97. The van der Waals surface area contributed by atoms with Gasteiger partial charge >= 0.3 is 0 Å². The number of nitro benzene ring substituents is 1. The maximum Gasteiger partial charge on any atom is 0.278 e. The Bertz CT molecular complexity index is 1030. The number of aryl methyl sites for hydroxylation is 1. The van der Waals surface area contributed by atoms with Gasteiger partial charge in [-0.3, -0.25) is 10.1 Å². The van der Waals surface area contributed by atoms with Crippen LogP contribution in [-0.2, 0) is 0 Å². The standard InChI is InChI=1S/C22H23N5O2/c1-16-23-20(15-21(24-16)19-5-3-4-6-22(19)27(28)29)17-7-9-18(10-8-17)26-13-11-25(2)12-14-26/h3-10,15H,11-14H2,1-2H3. The minimum absolute atomic E-state index is 0.0435. The molecule has 0 N–H and O–H groups in total.